The van der Waals surface area contributed by atoms with E-state index in [-0.39, 0.29) is 5.91 Å². The van der Waals surface area contributed by atoms with Gasteiger partial charge in [-0.3, -0.25) is 4.79 Å². The van der Waals surface area contributed by atoms with E-state index in [0.717, 1.165) is 25.7 Å². The van der Waals surface area contributed by atoms with E-state index in [2.05, 4.69) is 5.32 Å². The zero-order valence-electron chi connectivity index (χ0n) is 10.6. The predicted molar refractivity (Wildman–Crippen MR) is 65.1 cm³/mol. The quantitative estimate of drug-likeness (QED) is 0.747. The minimum absolute atomic E-state index is 0.130. The molecule has 0 spiro atoms. The van der Waals surface area contributed by atoms with E-state index >= 15 is 0 Å². The Bertz CT molecular complexity index is 308. The molecule has 0 aromatic heterocycles. The van der Waals surface area contributed by atoms with Crippen molar-refractivity contribution in [2.45, 2.75) is 44.6 Å². The lowest BCUT2D eigenvalue weighted by molar-refractivity contribution is -0.142. The van der Waals surface area contributed by atoms with Crippen LogP contribution < -0.4 is 5.32 Å². The summed E-state index contributed by atoms with van der Waals surface area (Å²) in [5.74, 6) is -0.208. The lowest BCUT2D eigenvalue weighted by Crippen LogP contribution is -2.42. The maximum Gasteiger partial charge on any atom is 0.326 e. The first-order chi connectivity index (χ1) is 8.65. The molecule has 5 nitrogen and oxygen atoms in total. The van der Waals surface area contributed by atoms with E-state index in [1.807, 2.05) is 0 Å². The predicted octanol–water partition coefficient (Wildman–Crippen LogP) is 1.17. The van der Waals surface area contributed by atoms with E-state index in [4.69, 9.17) is 9.84 Å². The average molecular weight is 255 g/mol. The Morgan fingerprint density at radius 1 is 1.17 bits per heavy atom. The highest BCUT2D eigenvalue weighted by atomic mass is 16.5. The summed E-state index contributed by atoms with van der Waals surface area (Å²) in [5, 5.41) is 11.7. The summed E-state index contributed by atoms with van der Waals surface area (Å²) < 4.78 is 5.24. The third-order valence-electron chi connectivity index (χ3n) is 3.71. The van der Waals surface area contributed by atoms with Crippen molar-refractivity contribution >= 4 is 11.9 Å². The standard InChI is InChI=1S/C13H21NO4/c15-12(8-10-3-5-18-6-4-10)14-11(13(16)17)7-9-1-2-9/h9-11H,1-8H2,(H,14,15)(H,16,17). The molecular weight excluding hydrogens is 234 g/mol. The van der Waals surface area contributed by atoms with Gasteiger partial charge in [-0.05, 0) is 31.1 Å². The van der Waals surface area contributed by atoms with Crippen LogP contribution in [0, 0.1) is 11.8 Å². The number of carbonyl (C=O) groups excluding carboxylic acids is 1. The minimum Gasteiger partial charge on any atom is -0.480 e. The van der Waals surface area contributed by atoms with Crippen molar-refractivity contribution in [1.29, 1.82) is 0 Å². The van der Waals surface area contributed by atoms with Crippen molar-refractivity contribution in [2.24, 2.45) is 11.8 Å². The highest BCUT2D eigenvalue weighted by Gasteiger charge is 2.30. The summed E-state index contributed by atoms with van der Waals surface area (Å²) >= 11 is 0. The van der Waals surface area contributed by atoms with Gasteiger partial charge in [0.2, 0.25) is 5.91 Å². The first-order valence-corrected chi connectivity index (χ1v) is 6.75. The Morgan fingerprint density at radius 2 is 1.83 bits per heavy atom. The van der Waals surface area contributed by atoms with Gasteiger partial charge in [0.05, 0.1) is 0 Å². The second-order valence-corrected chi connectivity index (χ2v) is 5.40. The van der Waals surface area contributed by atoms with Crippen molar-refractivity contribution in [3.8, 4) is 0 Å². The molecule has 0 bridgehead atoms. The summed E-state index contributed by atoms with van der Waals surface area (Å²) in [7, 11) is 0. The van der Waals surface area contributed by atoms with Crippen molar-refractivity contribution in [3.63, 3.8) is 0 Å². The van der Waals surface area contributed by atoms with Gasteiger partial charge in [0.1, 0.15) is 6.04 Å². The third kappa shape index (κ3) is 4.29. The Kier molecular flexibility index (Phi) is 4.58. The van der Waals surface area contributed by atoms with Gasteiger partial charge in [0.15, 0.2) is 0 Å². The summed E-state index contributed by atoms with van der Waals surface area (Å²) in [4.78, 5) is 22.9. The summed E-state index contributed by atoms with van der Waals surface area (Å²) in [6.07, 6.45) is 4.99. The van der Waals surface area contributed by atoms with Gasteiger partial charge >= 0.3 is 5.97 Å². The van der Waals surface area contributed by atoms with Crippen LogP contribution in [0.25, 0.3) is 0 Å². The smallest absolute Gasteiger partial charge is 0.326 e. The molecule has 2 fully saturated rings. The number of carbonyl (C=O) groups is 2. The molecule has 18 heavy (non-hydrogen) atoms. The van der Waals surface area contributed by atoms with Gasteiger partial charge < -0.3 is 15.2 Å². The van der Waals surface area contributed by atoms with E-state index in [1.165, 1.54) is 0 Å². The molecule has 2 aliphatic rings. The number of amides is 1. The second kappa shape index (κ2) is 6.18. The Balaban J connectivity index is 1.74. The zero-order chi connectivity index (χ0) is 13.0. The summed E-state index contributed by atoms with van der Waals surface area (Å²) in [6.45, 7) is 1.42. The van der Waals surface area contributed by atoms with E-state index in [1.54, 1.807) is 0 Å². The van der Waals surface area contributed by atoms with Crippen LogP contribution in [0.15, 0.2) is 0 Å². The molecule has 1 saturated carbocycles. The molecule has 5 heteroatoms. The molecule has 1 aliphatic heterocycles. The molecule has 1 atom stereocenters. The molecule has 1 heterocycles. The summed E-state index contributed by atoms with van der Waals surface area (Å²) in [5.41, 5.74) is 0. The molecule has 0 aromatic carbocycles. The van der Waals surface area contributed by atoms with Crippen molar-refractivity contribution in [3.05, 3.63) is 0 Å². The third-order valence-corrected chi connectivity index (χ3v) is 3.71. The minimum atomic E-state index is -0.915. The molecule has 1 amide bonds. The molecule has 102 valence electrons. The van der Waals surface area contributed by atoms with Crippen LogP contribution in [0.4, 0.5) is 0 Å². The van der Waals surface area contributed by atoms with Gasteiger partial charge in [-0.25, -0.2) is 4.79 Å². The number of rotatable bonds is 6. The lowest BCUT2D eigenvalue weighted by atomic mass is 9.96. The fourth-order valence-electron chi connectivity index (χ4n) is 2.37. The number of nitrogens with one attached hydrogen (secondary N) is 1. The van der Waals surface area contributed by atoms with Crippen LogP contribution >= 0.6 is 0 Å². The fourth-order valence-corrected chi connectivity index (χ4v) is 2.37. The number of ether oxygens (including phenoxy) is 1. The Hall–Kier alpha value is -1.10. The largest absolute Gasteiger partial charge is 0.480 e. The molecule has 2 rings (SSSR count). The number of hydrogen-bond donors (Lipinski definition) is 2. The number of carboxylic acids is 1. The zero-order valence-corrected chi connectivity index (χ0v) is 10.6. The van der Waals surface area contributed by atoms with Crippen LogP contribution in [-0.2, 0) is 14.3 Å². The Labute approximate surface area is 107 Å². The molecule has 1 unspecified atom stereocenters. The van der Waals surface area contributed by atoms with Crippen LogP contribution in [0.3, 0.4) is 0 Å². The molecule has 2 N–H and O–H groups in total. The normalized spacial score (nSPS) is 22.4. The monoisotopic (exact) mass is 255 g/mol. The van der Waals surface area contributed by atoms with Gasteiger partial charge in [0, 0.05) is 19.6 Å². The van der Waals surface area contributed by atoms with E-state index < -0.39 is 12.0 Å². The molecule has 0 aromatic rings. The van der Waals surface area contributed by atoms with E-state index in [0.29, 0.717) is 37.9 Å². The number of hydrogen-bond acceptors (Lipinski definition) is 3. The fraction of sp³-hybridized carbons (Fsp3) is 0.846. The molecule has 1 saturated heterocycles. The molecular formula is C13H21NO4. The van der Waals surface area contributed by atoms with Gasteiger partial charge in [0.25, 0.3) is 0 Å². The van der Waals surface area contributed by atoms with Crippen molar-refractivity contribution < 1.29 is 19.4 Å². The summed E-state index contributed by atoms with van der Waals surface area (Å²) in [6, 6.07) is -0.704. The first kappa shape index (κ1) is 13.3. The second-order valence-electron chi connectivity index (χ2n) is 5.40. The maximum absolute atomic E-state index is 11.8. The molecule has 0 radical (unpaired) electrons. The van der Waals surface area contributed by atoms with Crippen molar-refractivity contribution in [2.75, 3.05) is 13.2 Å². The molecule has 1 aliphatic carbocycles. The topological polar surface area (TPSA) is 75.6 Å². The number of aliphatic carboxylic acids is 1. The maximum atomic E-state index is 11.8. The van der Waals surface area contributed by atoms with E-state index in [9.17, 15) is 9.59 Å². The SMILES string of the molecule is O=C(CC1CCOCC1)NC(CC1CC1)C(=O)O. The highest BCUT2D eigenvalue weighted by Crippen LogP contribution is 2.33. The average Bonchev–Trinajstić information content (AvgIpc) is 3.13. The van der Waals surface area contributed by atoms with Crippen LogP contribution in [0.1, 0.15) is 38.5 Å². The first-order valence-electron chi connectivity index (χ1n) is 6.75. The van der Waals surface area contributed by atoms with Gasteiger partial charge in [-0.2, -0.15) is 0 Å². The Morgan fingerprint density at radius 3 is 2.39 bits per heavy atom. The van der Waals surface area contributed by atoms with Crippen LogP contribution in [-0.4, -0.2) is 36.2 Å². The lowest BCUT2D eigenvalue weighted by Gasteiger charge is -2.22. The highest BCUT2D eigenvalue weighted by molar-refractivity contribution is 5.83. The van der Waals surface area contributed by atoms with Gasteiger partial charge in [-0.1, -0.05) is 12.8 Å². The van der Waals surface area contributed by atoms with Crippen LogP contribution in [0.2, 0.25) is 0 Å². The number of carboxylic acid groups (broad SMARTS) is 1. The van der Waals surface area contributed by atoms with Gasteiger partial charge in [-0.15, -0.1) is 0 Å². The van der Waals surface area contributed by atoms with Crippen LogP contribution in [0.5, 0.6) is 0 Å². The van der Waals surface area contributed by atoms with Crippen molar-refractivity contribution in [1.82, 2.24) is 5.32 Å².